The molecule has 12 heteroatoms. The van der Waals surface area contributed by atoms with E-state index >= 15 is 0 Å². The minimum atomic E-state index is -4.30. The van der Waals surface area contributed by atoms with E-state index in [9.17, 15) is 13.2 Å². The Balaban J connectivity index is 0.000000472. The van der Waals surface area contributed by atoms with Crippen LogP contribution in [0.5, 0.6) is 17.2 Å². The normalized spacial score (nSPS) is 15.1. The zero-order chi connectivity index (χ0) is 29.1. The molecular weight excluding hydrogens is 527 g/mol. The van der Waals surface area contributed by atoms with E-state index in [1.54, 1.807) is 33.6 Å². The van der Waals surface area contributed by atoms with Gasteiger partial charge >= 0.3 is 6.18 Å². The predicted molar refractivity (Wildman–Crippen MR) is 151 cm³/mol. The first-order valence-corrected chi connectivity index (χ1v) is 12.9. The molecule has 1 aliphatic rings. The zero-order valence-corrected chi connectivity index (χ0v) is 23.1. The molecule has 0 bridgehead atoms. The zero-order valence-electron chi connectivity index (χ0n) is 23.1. The molecule has 0 unspecified atom stereocenters. The van der Waals surface area contributed by atoms with E-state index in [1.807, 2.05) is 23.7 Å². The molecular formula is C28H40F3N5O4. The Kier molecular flexibility index (Phi) is 11.2. The van der Waals surface area contributed by atoms with Crippen LogP contribution >= 0.6 is 0 Å². The number of ether oxygens (including phenoxy) is 3. The van der Waals surface area contributed by atoms with Crippen LogP contribution in [-0.2, 0) is 12.6 Å². The van der Waals surface area contributed by atoms with Gasteiger partial charge in [-0.1, -0.05) is 25.1 Å². The highest BCUT2D eigenvalue weighted by Gasteiger charge is 2.30. The van der Waals surface area contributed by atoms with Crippen LogP contribution in [0.25, 0.3) is 0 Å². The second-order valence-electron chi connectivity index (χ2n) is 9.33. The van der Waals surface area contributed by atoms with Crippen molar-refractivity contribution >= 4 is 17.5 Å². The number of hydrogen-bond acceptors (Lipinski definition) is 9. The van der Waals surface area contributed by atoms with Gasteiger partial charge in [-0.15, -0.1) is 0 Å². The summed E-state index contributed by atoms with van der Waals surface area (Å²) in [4.78, 5) is 11.3. The molecule has 0 amide bonds. The molecule has 1 aromatic heterocycles. The van der Waals surface area contributed by atoms with E-state index in [4.69, 9.17) is 19.4 Å². The molecule has 0 aliphatic carbocycles. The maximum atomic E-state index is 12.2. The lowest BCUT2D eigenvalue weighted by molar-refractivity contribution is -0.137. The van der Waals surface area contributed by atoms with Gasteiger partial charge in [0, 0.05) is 46.5 Å². The van der Waals surface area contributed by atoms with E-state index in [0.717, 1.165) is 36.7 Å². The number of nitrogens with zero attached hydrogens (tertiary/aromatic N) is 3. The van der Waals surface area contributed by atoms with E-state index in [2.05, 4.69) is 27.1 Å². The van der Waals surface area contributed by atoms with E-state index in [1.165, 1.54) is 18.9 Å². The van der Waals surface area contributed by atoms with Crippen molar-refractivity contribution < 1.29 is 35.4 Å². The van der Waals surface area contributed by atoms with Gasteiger partial charge in [-0.2, -0.15) is 18.2 Å². The maximum absolute atomic E-state index is 12.2. The van der Waals surface area contributed by atoms with Crippen LogP contribution < -0.4 is 29.9 Å². The highest BCUT2D eigenvalue weighted by atomic mass is 19.4. The van der Waals surface area contributed by atoms with Crippen molar-refractivity contribution in [3.05, 3.63) is 59.8 Å². The van der Waals surface area contributed by atoms with Crippen molar-refractivity contribution in [2.24, 2.45) is 5.92 Å². The van der Waals surface area contributed by atoms with Crippen LogP contribution in [0.3, 0.4) is 0 Å². The lowest BCUT2D eigenvalue weighted by atomic mass is 10.0. The fraction of sp³-hybridized carbons (Fsp3) is 0.429. The minimum absolute atomic E-state index is 0. The summed E-state index contributed by atoms with van der Waals surface area (Å²) in [5.74, 6) is 3.88. The molecule has 3 aromatic rings. The number of aromatic nitrogens is 2. The molecule has 222 valence electrons. The number of piperidine rings is 1. The van der Waals surface area contributed by atoms with E-state index < -0.39 is 11.7 Å². The molecule has 1 saturated heterocycles. The Hall–Kier alpha value is -3.77. The Morgan fingerprint density at radius 1 is 1.07 bits per heavy atom. The van der Waals surface area contributed by atoms with E-state index in [-0.39, 0.29) is 9.40 Å². The fourth-order valence-electron chi connectivity index (χ4n) is 4.37. The number of methoxy groups -OCH3 is 3. The summed E-state index contributed by atoms with van der Waals surface area (Å²) in [7, 11) is 4.77. The number of hydrogen-bond donors (Lipinski definition) is 3. The predicted octanol–water partition coefficient (Wildman–Crippen LogP) is 6.20. The van der Waals surface area contributed by atoms with Gasteiger partial charge in [0.1, 0.15) is 5.82 Å². The first-order valence-electron chi connectivity index (χ1n) is 12.9. The van der Waals surface area contributed by atoms with Gasteiger partial charge in [-0.3, -0.25) is 0 Å². The smallest absolute Gasteiger partial charge is 0.416 e. The summed E-state index contributed by atoms with van der Waals surface area (Å²) in [6.07, 6.45) is 0.309. The molecule has 40 heavy (non-hydrogen) atoms. The van der Waals surface area contributed by atoms with Gasteiger partial charge in [-0.25, -0.2) is 10.5 Å². The summed E-state index contributed by atoms with van der Waals surface area (Å²) in [6, 6.07) is 10.7. The number of nitrogens with one attached hydrogen (secondary N) is 2. The summed E-state index contributed by atoms with van der Waals surface area (Å²) in [5.41, 5.74) is 2.54. The van der Waals surface area contributed by atoms with Crippen molar-refractivity contribution in [3.63, 3.8) is 0 Å². The summed E-state index contributed by atoms with van der Waals surface area (Å²) >= 11 is 0. The fourth-order valence-corrected chi connectivity index (χ4v) is 4.37. The number of anilines is 3. The molecule has 2 aromatic carbocycles. The first kappa shape index (κ1) is 30.8. The van der Waals surface area contributed by atoms with Crippen LogP contribution in [0.15, 0.2) is 48.7 Å². The van der Waals surface area contributed by atoms with Crippen LogP contribution in [-0.4, -0.2) is 56.1 Å². The van der Waals surface area contributed by atoms with Gasteiger partial charge in [0.05, 0.1) is 26.9 Å². The lowest BCUT2D eigenvalue weighted by Gasteiger charge is -2.31. The number of benzene rings is 2. The lowest BCUT2D eigenvalue weighted by Crippen LogP contribution is -2.34. The average Bonchev–Trinajstić information content (AvgIpc) is 2.95. The number of hydroxylamine groups is 1. The van der Waals surface area contributed by atoms with Crippen molar-refractivity contribution in [1.29, 1.82) is 0 Å². The molecule has 3 N–H and O–H groups in total. The molecule has 1 fully saturated rings. The van der Waals surface area contributed by atoms with Crippen LogP contribution in [0.4, 0.5) is 30.6 Å². The highest BCUT2D eigenvalue weighted by molar-refractivity contribution is 5.66. The standard InChI is InChI=1S/C19H26N4O3.C9H10F3NO.2H2/c1-13-6-5-9-23(12-13)17-7-8-20-19(22-17)21-14-10-15(24-2)18(26-4)16(11-14)25-3;10-9(11,12)8-3-1-2-7(6-8)4-5-13-14;;/h7-8,10-11,13H,5-6,9,12H2,1-4H3,(H,20,21,22);1-3,6,13-14H,4-5H2;2*1H/t13-;;;/m0.../s1. The third-order valence-corrected chi connectivity index (χ3v) is 6.32. The molecule has 0 saturated carbocycles. The quantitative estimate of drug-likeness (QED) is 0.261. The van der Waals surface area contributed by atoms with Crippen LogP contribution in [0.2, 0.25) is 0 Å². The second-order valence-corrected chi connectivity index (χ2v) is 9.33. The monoisotopic (exact) mass is 567 g/mol. The SMILES string of the molecule is COc1cc(Nc2nccc(N3CCC[C@H](C)C3)n2)cc(OC)c1OC.ONCCc1cccc(C(F)(F)F)c1.[HH].[HH]. The van der Waals surface area contributed by atoms with Gasteiger partial charge in [-0.05, 0) is 42.9 Å². The molecule has 9 nitrogen and oxygen atoms in total. The van der Waals surface area contributed by atoms with Crippen molar-refractivity contribution in [1.82, 2.24) is 15.4 Å². The first-order chi connectivity index (χ1) is 19.2. The van der Waals surface area contributed by atoms with Crippen molar-refractivity contribution in [3.8, 4) is 17.2 Å². The Morgan fingerprint density at radius 3 is 2.40 bits per heavy atom. The van der Waals surface area contributed by atoms with Gasteiger partial charge < -0.3 is 29.6 Å². The molecule has 0 spiro atoms. The topological polar surface area (TPSA) is 101 Å². The summed E-state index contributed by atoms with van der Waals surface area (Å²) in [6.45, 7) is 4.58. The van der Waals surface area contributed by atoms with Gasteiger partial charge in [0.25, 0.3) is 0 Å². The average molecular weight is 568 g/mol. The molecule has 2 heterocycles. The van der Waals surface area contributed by atoms with Crippen molar-refractivity contribution in [2.45, 2.75) is 32.4 Å². The third kappa shape index (κ3) is 8.62. The largest absolute Gasteiger partial charge is 0.493 e. The summed E-state index contributed by atoms with van der Waals surface area (Å²) in [5, 5.41) is 11.5. The van der Waals surface area contributed by atoms with Crippen LogP contribution in [0.1, 0.15) is 33.7 Å². The van der Waals surface area contributed by atoms with Crippen molar-refractivity contribution in [2.75, 3.05) is 51.2 Å². The number of rotatable bonds is 9. The van der Waals surface area contributed by atoms with Crippen LogP contribution in [0, 0.1) is 5.92 Å². The summed E-state index contributed by atoms with van der Waals surface area (Å²) < 4.78 is 52.8. The molecule has 1 atom stereocenters. The third-order valence-electron chi connectivity index (χ3n) is 6.32. The Bertz CT molecular complexity index is 1220. The Morgan fingerprint density at radius 2 is 1.80 bits per heavy atom. The molecule has 4 rings (SSSR count). The molecule has 1 aliphatic heterocycles. The van der Waals surface area contributed by atoms with Gasteiger partial charge in [0.15, 0.2) is 11.5 Å². The van der Waals surface area contributed by atoms with Gasteiger partial charge in [0.2, 0.25) is 11.7 Å². The maximum Gasteiger partial charge on any atom is 0.416 e. The highest BCUT2D eigenvalue weighted by Crippen LogP contribution is 2.40. The number of halogens is 3. The Labute approximate surface area is 235 Å². The second kappa shape index (κ2) is 14.6. The van der Waals surface area contributed by atoms with E-state index in [0.29, 0.717) is 41.1 Å². The number of alkyl halides is 3. The minimum Gasteiger partial charge on any atom is -0.493 e. The molecule has 0 radical (unpaired) electrons.